The third-order valence-corrected chi connectivity index (χ3v) is 7.99. The van der Waals surface area contributed by atoms with Crippen LogP contribution in [0, 0.1) is 10.1 Å². The highest BCUT2D eigenvalue weighted by Crippen LogP contribution is 2.39. The lowest BCUT2D eigenvalue weighted by molar-refractivity contribution is -0.385. The van der Waals surface area contributed by atoms with Crippen molar-refractivity contribution in [1.29, 1.82) is 0 Å². The Morgan fingerprint density at radius 3 is 2.42 bits per heavy atom. The van der Waals surface area contributed by atoms with Crippen molar-refractivity contribution < 1.29 is 18.1 Å². The van der Waals surface area contributed by atoms with E-state index in [1.165, 1.54) is 18.2 Å². The van der Waals surface area contributed by atoms with Gasteiger partial charge >= 0.3 is 0 Å². The van der Waals surface area contributed by atoms with Crippen LogP contribution in [0.3, 0.4) is 0 Å². The molecule has 1 amide bonds. The van der Waals surface area contributed by atoms with Crippen LogP contribution in [-0.4, -0.2) is 61.5 Å². The number of hydrogen-bond donors (Lipinski definition) is 0. The van der Waals surface area contributed by atoms with Gasteiger partial charge in [-0.15, -0.1) is 0 Å². The molecule has 9 heteroatoms. The van der Waals surface area contributed by atoms with Gasteiger partial charge in [0, 0.05) is 31.5 Å². The largest absolute Gasteiger partial charge is 0.337 e. The van der Waals surface area contributed by atoms with E-state index in [0.29, 0.717) is 0 Å². The molecule has 0 aromatic heterocycles. The van der Waals surface area contributed by atoms with E-state index in [-0.39, 0.29) is 39.9 Å². The molecule has 2 atom stereocenters. The fourth-order valence-corrected chi connectivity index (χ4v) is 5.73. The summed E-state index contributed by atoms with van der Waals surface area (Å²) >= 11 is 0. The van der Waals surface area contributed by atoms with E-state index in [1.54, 1.807) is 30.1 Å². The molecule has 0 saturated carbocycles. The summed E-state index contributed by atoms with van der Waals surface area (Å²) in [7, 11) is -1.53. The summed E-state index contributed by atoms with van der Waals surface area (Å²) in [6, 6.07) is 11.2. The summed E-state index contributed by atoms with van der Waals surface area (Å²) in [6.45, 7) is 1.95. The molecule has 0 unspecified atom stereocenters. The number of aryl methyl sites for hydroxylation is 1. The Balaban J connectivity index is 1.63. The molecule has 1 aliphatic heterocycles. The van der Waals surface area contributed by atoms with Crippen LogP contribution >= 0.6 is 0 Å². The number of non-ortho nitro benzene ring substituents is 1. The monoisotopic (exact) mass is 471 g/mol. The molecule has 1 aliphatic carbocycles. The minimum absolute atomic E-state index is 0.0398. The summed E-state index contributed by atoms with van der Waals surface area (Å²) < 4.78 is 23.4. The van der Waals surface area contributed by atoms with Gasteiger partial charge in [0.05, 0.1) is 22.3 Å². The number of sulfone groups is 1. The number of likely N-dealkylation sites (tertiary alicyclic amines) is 1. The Morgan fingerprint density at radius 2 is 1.82 bits per heavy atom. The SMILES string of the molecule is CN(C(=O)Cc1ccc(S(C)(=O)=O)cc1)[C@H]1c2cc([N+](=O)[O-])ccc2CC[C@@H]1N1CCCC1. The number of nitrogens with zero attached hydrogens (tertiary/aromatic N) is 3. The van der Waals surface area contributed by atoms with Crippen molar-refractivity contribution in [3.8, 4) is 0 Å². The van der Waals surface area contributed by atoms with Crippen LogP contribution in [0.5, 0.6) is 0 Å². The first kappa shape index (κ1) is 23.4. The van der Waals surface area contributed by atoms with E-state index in [9.17, 15) is 23.3 Å². The number of carbonyl (C=O) groups is 1. The van der Waals surface area contributed by atoms with E-state index >= 15 is 0 Å². The number of amides is 1. The molecule has 176 valence electrons. The van der Waals surface area contributed by atoms with E-state index in [4.69, 9.17) is 0 Å². The number of carbonyl (C=O) groups excluding carboxylic acids is 1. The maximum Gasteiger partial charge on any atom is 0.269 e. The normalized spacial score (nSPS) is 20.9. The van der Waals surface area contributed by atoms with Crippen LogP contribution in [0.2, 0.25) is 0 Å². The highest BCUT2D eigenvalue weighted by atomic mass is 32.2. The van der Waals surface area contributed by atoms with E-state index < -0.39 is 9.84 Å². The summed E-state index contributed by atoms with van der Waals surface area (Å²) in [5.74, 6) is -0.101. The van der Waals surface area contributed by atoms with E-state index in [0.717, 1.165) is 61.7 Å². The van der Waals surface area contributed by atoms with Gasteiger partial charge in [0.2, 0.25) is 5.91 Å². The average Bonchev–Trinajstić information content (AvgIpc) is 3.32. The Morgan fingerprint density at radius 1 is 1.15 bits per heavy atom. The van der Waals surface area contributed by atoms with Gasteiger partial charge in [-0.25, -0.2) is 8.42 Å². The summed E-state index contributed by atoms with van der Waals surface area (Å²) in [5.41, 5.74) is 2.68. The lowest BCUT2D eigenvalue weighted by atomic mass is 9.82. The molecule has 0 bridgehead atoms. The van der Waals surface area contributed by atoms with Crippen LogP contribution in [-0.2, 0) is 27.5 Å². The minimum Gasteiger partial charge on any atom is -0.337 e. The minimum atomic E-state index is -3.30. The predicted molar refractivity (Wildman–Crippen MR) is 125 cm³/mol. The first-order valence-corrected chi connectivity index (χ1v) is 13.1. The van der Waals surface area contributed by atoms with Gasteiger partial charge in [-0.3, -0.25) is 19.8 Å². The summed E-state index contributed by atoms with van der Waals surface area (Å²) in [4.78, 5) is 28.8. The predicted octanol–water partition coefficient (Wildman–Crippen LogP) is 3.15. The molecule has 1 heterocycles. The average molecular weight is 472 g/mol. The van der Waals surface area contributed by atoms with Crippen LogP contribution in [0.1, 0.15) is 42.0 Å². The second kappa shape index (κ2) is 9.23. The van der Waals surface area contributed by atoms with Crippen molar-refractivity contribution >= 4 is 21.4 Å². The molecule has 1 saturated heterocycles. The molecule has 4 rings (SSSR count). The zero-order valence-corrected chi connectivity index (χ0v) is 19.8. The number of likely N-dealkylation sites (N-methyl/N-ethyl adjacent to an activating group) is 1. The lowest BCUT2D eigenvalue weighted by Gasteiger charge is -2.43. The topological polar surface area (TPSA) is 101 Å². The van der Waals surface area contributed by atoms with Crippen LogP contribution < -0.4 is 0 Å². The van der Waals surface area contributed by atoms with Gasteiger partial charge in [0.1, 0.15) is 0 Å². The van der Waals surface area contributed by atoms with Crippen molar-refractivity contribution in [3.05, 3.63) is 69.3 Å². The number of rotatable bonds is 6. The molecular weight excluding hydrogens is 442 g/mol. The zero-order valence-electron chi connectivity index (χ0n) is 18.9. The van der Waals surface area contributed by atoms with Crippen molar-refractivity contribution in [2.75, 3.05) is 26.4 Å². The van der Waals surface area contributed by atoms with E-state index in [2.05, 4.69) is 4.90 Å². The van der Waals surface area contributed by atoms with Gasteiger partial charge in [0.15, 0.2) is 9.84 Å². The molecule has 2 aromatic carbocycles. The number of hydrogen-bond acceptors (Lipinski definition) is 6. The van der Waals surface area contributed by atoms with Crippen molar-refractivity contribution in [1.82, 2.24) is 9.80 Å². The van der Waals surface area contributed by atoms with Gasteiger partial charge in [-0.2, -0.15) is 0 Å². The zero-order chi connectivity index (χ0) is 23.8. The number of benzene rings is 2. The molecular formula is C24H29N3O5S. The Labute approximate surface area is 194 Å². The smallest absolute Gasteiger partial charge is 0.269 e. The third kappa shape index (κ3) is 4.94. The molecule has 2 aromatic rings. The number of fused-ring (bicyclic) bond motifs is 1. The fourth-order valence-electron chi connectivity index (χ4n) is 5.10. The Hall–Kier alpha value is -2.78. The number of nitro groups is 1. The Kier molecular flexibility index (Phi) is 6.54. The second-order valence-corrected chi connectivity index (χ2v) is 11.0. The number of nitro benzene ring substituents is 1. The van der Waals surface area contributed by atoms with Crippen LogP contribution in [0.4, 0.5) is 5.69 Å². The quantitative estimate of drug-likeness (QED) is 0.474. The summed E-state index contributed by atoms with van der Waals surface area (Å²) in [6.07, 6.45) is 5.26. The highest BCUT2D eigenvalue weighted by Gasteiger charge is 2.39. The maximum absolute atomic E-state index is 13.3. The standard InChI is InChI=1S/C24H29N3O5S/c1-25(23(28)15-17-5-10-20(11-6-17)33(2,31)32)24-21-16-19(27(29)30)9-7-18(21)8-12-22(24)26-13-3-4-14-26/h5-7,9-11,16,22,24H,3-4,8,12-15H2,1-2H3/t22-,24-/m0/s1. The van der Waals surface area contributed by atoms with Crippen molar-refractivity contribution in [3.63, 3.8) is 0 Å². The fraction of sp³-hybridized carbons (Fsp3) is 0.458. The van der Waals surface area contributed by atoms with Gasteiger partial charge in [0.25, 0.3) is 5.69 Å². The third-order valence-electron chi connectivity index (χ3n) is 6.86. The lowest BCUT2D eigenvalue weighted by Crippen LogP contribution is -2.48. The van der Waals surface area contributed by atoms with Gasteiger partial charge < -0.3 is 4.90 Å². The van der Waals surface area contributed by atoms with Crippen LogP contribution in [0.25, 0.3) is 0 Å². The molecule has 0 radical (unpaired) electrons. The molecule has 0 spiro atoms. The van der Waals surface area contributed by atoms with Crippen LogP contribution in [0.15, 0.2) is 47.4 Å². The molecule has 1 fully saturated rings. The maximum atomic E-state index is 13.3. The summed E-state index contributed by atoms with van der Waals surface area (Å²) in [5, 5.41) is 11.4. The van der Waals surface area contributed by atoms with Gasteiger partial charge in [-0.1, -0.05) is 18.2 Å². The van der Waals surface area contributed by atoms with Gasteiger partial charge in [-0.05, 0) is 67.6 Å². The first-order valence-electron chi connectivity index (χ1n) is 11.2. The molecule has 8 nitrogen and oxygen atoms in total. The van der Waals surface area contributed by atoms with Crippen molar-refractivity contribution in [2.45, 2.75) is 49.1 Å². The Bertz CT molecular complexity index is 1160. The molecule has 33 heavy (non-hydrogen) atoms. The first-order chi connectivity index (χ1) is 15.6. The second-order valence-electron chi connectivity index (χ2n) is 9.03. The van der Waals surface area contributed by atoms with Crippen molar-refractivity contribution in [2.24, 2.45) is 0 Å². The molecule has 2 aliphatic rings. The van der Waals surface area contributed by atoms with E-state index in [1.807, 2.05) is 6.07 Å². The highest BCUT2D eigenvalue weighted by molar-refractivity contribution is 7.90. The molecule has 0 N–H and O–H groups in total.